The van der Waals surface area contributed by atoms with Crippen LogP contribution in [0.5, 0.6) is 0 Å². The van der Waals surface area contributed by atoms with Crippen molar-refractivity contribution in [2.45, 2.75) is 13.1 Å². The molecule has 8 heteroatoms. The second-order valence-electron chi connectivity index (χ2n) is 4.51. The summed E-state index contributed by atoms with van der Waals surface area (Å²) in [6.45, 7) is 5.57. The zero-order valence-electron chi connectivity index (χ0n) is 12.7. The Balaban J connectivity index is 3.38. The first-order chi connectivity index (χ1) is 10.7. The molecule has 0 spiro atoms. The van der Waals surface area contributed by atoms with Gasteiger partial charge < -0.3 is 9.64 Å². The van der Waals surface area contributed by atoms with Gasteiger partial charge >= 0.3 is 12.1 Å². The Morgan fingerprint density at radius 3 is 2.65 bits per heavy atom. The summed E-state index contributed by atoms with van der Waals surface area (Å²) in [5.41, 5.74) is -1.72. The highest BCUT2D eigenvalue weighted by molar-refractivity contribution is 6.36. The standard InChI is InChI=1S/C15H16ClF3N2O2/c1-4-8-21(3)9-20-13-11(15(17,18)19)7-6-10(12(13)16)14(22)23-5-2/h4,6-7,9H,1,5,8H2,2-3H3/b20-9+. The molecule has 0 aliphatic rings. The van der Waals surface area contributed by atoms with E-state index in [0.717, 1.165) is 12.1 Å². The predicted octanol–water partition coefficient (Wildman–Crippen LogP) is 4.31. The maximum absolute atomic E-state index is 13.1. The second-order valence-corrected chi connectivity index (χ2v) is 4.89. The van der Waals surface area contributed by atoms with Crippen LogP contribution in [0.15, 0.2) is 29.8 Å². The van der Waals surface area contributed by atoms with Gasteiger partial charge in [0.25, 0.3) is 0 Å². The van der Waals surface area contributed by atoms with E-state index in [-0.39, 0.29) is 12.2 Å². The molecule has 0 amide bonds. The molecule has 0 N–H and O–H groups in total. The van der Waals surface area contributed by atoms with Gasteiger partial charge in [-0.05, 0) is 19.1 Å². The number of esters is 1. The number of hydrogen-bond donors (Lipinski definition) is 0. The van der Waals surface area contributed by atoms with Crippen molar-refractivity contribution in [2.24, 2.45) is 4.99 Å². The molecule has 0 aromatic heterocycles. The van der Waals surface area contributed by atoms with E-state index in [1.54, 1.807) is 20.0 Å². The van der Waals surface area contributed by atoms with E-state index in [0.29, 0.717) is 6.54 Å². The van der Waals surface area contributed by atoms with Crippen LogP contribution in [0.4, 0.5) is 18.9 Å². The van der Waals surface area contributed by atoms with Gasteiger partial charge in [-0.15, -0.1) is 6.58 Å². The molecule has 1 aromatic rings. The fourth-order valence-corrected chi connectivity index (χ4v) is 1.98. The molecule has 0 fully saturated rings. The smallest absolute Gasteiger partial charge is 0.418 e. The monoisotopic (exact) mass is 348 g/mol. The van der Waals surface area contributed by atoms with E-state index in [9.17, 15) is 18.0 Å². The van der Waals surface area contributed by atoms with Crippen LogP contribution in [0, 0.1) is 0 Å². The number of benzene rings is 1. The Bertz CT molecular complexity index is 615. The van der Waals surface area contributed by atoms with Crippen LogP contribution in [0.1, 0.15) is 22.8 Å². The third kappa shape index (κ3) is 4.99. The van der Waals surface area contributed by atoms with Gasteiger partial charge in [-0.2, -0.15) is 13.2 Å². The van der Waals surface area contributed by atoms with Gasteiger partial charge in [-0.3, -0.25) is 0 Å². The lowest BCUT2D eigenvalue weighted by Crippen LogP contribution is -2.16. The summed E-state index contributed by atoms with van der Waals surface area (Å²) in [7, 11) is 1.61. The summed E-state index contributed by atoms with van der Waals surface area (Å²) < 4.78 is 44.1. The predicted molar refractivity (Wildman–Crippen MR) is 83.4 cm³/mol. The van der Waals surface area contributed by atoms with Gasteiger partial charge in [0.1, 0.15) is 0 Å². The van der Waals surface area contributed by atoms with Gasteiger partial charge in [0, 0.05) is 13.6 Å². The molecule has 0 bridgehead atoms. The second kappa shape index (κ2) is 8.01. The molecular weight excluding hydrogens is 333 g/mol. The maximum Gasteiger partial charge on any atom is 0.418 e. The Morgan fingerprint density at radius 1 is 1.48 bits per heavy atom. The van der Waals surface area contributed by atoms with Gasteiger partial charge in [0.2, 0.25) is 0 Å². The quantitative estimate of drug-likeness (QED) is 0.333. The number of ether oxygens (including phenoxy) is 1. The van der Waals surface area contributed by atoms with Gasteiger partial charge in [-0.1, -0.05) is 17.7 Å². The van der Waals surface area contributed by atoms with Crippen LogP contribution < -0.4 is 0 Å². The number of rotatable bonds is 6. The third-order valence-corrected chi connectivity index (χ3v) is 3.10. The van der Waals surface area contributed by atoms with Gasteiger partial charge in [0.05, 0.1) is 34.8 Å². The number of halogens is 4. The molecule has 0 aliphatic carbocycles. The first kappa shape index (κ1) is 19.0. The Hall–Kier alpha value is -2.02. The van der Waals surface area contributed by atoms with Gasteiger partial charge in [-0.25, -0.2) is 9.79 Å². The number of carbonyl (C=O) groups is 1. The van der Waals surface area contributed by atoms with Crippen LogP contribution in [-0.4, -0.2) is 37.4 Å². The van der Waals surface area contributed by atoms with E-state index in [1.807, 2.05) is 0 Å². The average Bonchev–Trinajstić information content (AvgIpc) is 2.45. The van der Waals surface area contributed by atoms with E-state index in [2.05, 4.69) is 11.6 Å². The zero-order chi connectivity index (χ0) is 17.6. The van der Waals surface area contributed by atoms with Crippen molar-refractivity contribution in [3.63, 3.8) is 0 Å². The summed E-state index contributed by atoms with van der Waals surface area (Å²) in [6, 6.07) is 1.74. The summed E-state index contributed by atoms with van der Waals surface area (Å²) in [5, 5.41) is -0.401. The number of likely N-dealkylation sites (N-methyl/N-ethyl adjacent to an activating group) is 1. The lowest BCUT2D eigenvalue weighted by molar-refractivity contribution is -0.137. The molecular formula is C15H16ClF3N2O2. The van der Waals surface area contributed by atoms with Gasteiger partial charge in [0.15, 0.2) is 0 Å². The molecule has 23 heavy (non-hydrogen) atoms. The van der Waals surface area contributed by atoms with Crippen molar-refractivity contribution in [2.75, 3.05) is 20.2 Å². The lowest BCUT2D eigenvalue weighted by Gasteiger charge is -2.15. The molecule has 126 valence electrons. The van der Waals surface area contributed by atoms with E-state index >= 15 is 0 Å². The molecule has 0 heterocycles. The number of aliphatic imine (C=N–C) groups is 1. The highest BCUT2D eigenvalue weighted by Crippen LogP contribution is 2.41. The van der Waals surface area contributed by atoms with Crippen LogP contribution in [0.25, 0.3) is 0 Å². The number of nitrogens with zero attached hydrogens (tertiary/aromatic N) is 2. The van der Waals surface area contributed by atoms with Crippen molar-refractivity contribution in [3.05, 3.63) is 40.9 Å². The van der Waals surface area contributed by atoms with Crippen molar-refractivity contribution < 1.29 is 22.7 Å². The topological polar surface area (TPSA) is 41.9 Å². The highest BCUT2D eigenvalue weighted by Gasteiger charge is 2.35. The first-order valence-electron chi connectivity index (χ1n) is 6.64. The van der Waals surface area contributed by atoms with Crippen molar-refractivity contribution >= 4 is 29.6 Å². The van der Waals surface area contributed by atoms with E-state index < -0.39 is 28.4 Å². The summed E-state index contributed by atoms with van der Waals surface area (Å²) in [6.07, 6.45) is -1.90. The number of hydrogen-bond acceptors (Lipinski definition) is 3. The lowest BCUT2D eigenvalue weighted by atomic mass is 10.1. The SMILES string of the molecule is C=CCN(C)/C=N/c1c(C(F)(F)F)ccc(C(=O)OCC)c1Cl. The minimum atomic E-state index is -4.65. The largest absolute Gasteiger partial charge is 0.462 e. The minimum Gasteiger partial charge on any atom is -0.462 e. The molecule has 0 saturated carbocycles. The molecule has 1 aromatic carbocycles. The van der Waals surface area contributed by atoms with E-state index in [1.165, 1.54) is 11.2 Å². The fraction of sp³-hybridized carbons (Fsp3) is 0.333. The Morgan fingerprint density at radius 2 is 2.13 bits per heavy atom. The maximum atomic E-state index is 13.1. The van der Waals surface area contributed by atoms with Crippen LogP contribution in [-0.2, 0) is 10.9 Å². The minimum absolute atomic E-state index is 0.0802. The third-order valence-electron chi connectivity index (χ3n) is 2.72. The Kier molecular flexibility index (Phi) is 6.62. The van der Waals surface area contributed by atoms with Crippen molar-refractivity contribution in [3.8, 4) is 0 Å². The van der Waals surface area contributed by atoms with Crippen molar-refractivity contribution in [1.82, 2.24) is 4.90 Å². The molecule has 4 nitrogen and oxygen atoms in total. The Labute approximate surface area is 137 Å². The van der Waals surface area contributed by atoms with E-state index in [4.69, 9.17) is 16.3 Å². The van der Waals surface area contributed by atoms with Crippen molar-refractivity contribution in [1.29, 1.82) is 0 Å². The zero-order valence-corrected chi connectivity index (χ0v) is 13.4. The molecule has 0 atom stereocenters. The number of alkyl halides is 3. The summed E-state index contributed by atoms with van der Waals surface area (Å²) >= 11 is 5.96. The summed E-state index contributed by atoms with van der Waals surface area (Å²) in [4.78, 5) is 17.1. The average molecular weight is 349 g/mol. The molecule has 0 radical (unpaired) electrons. The molecule has 0 unspecified atom stereocenters. The van der Waals surface area contributed by atoms with Crippen LogP contribution in [0.3, 0.4) is 0 Å². The van der Waals surface area contributed by atoms with Crippen LogP contribution in [0.2, 0.25) is 5.02 Å². The first-order valence-corrected chi connectivity index (χ1v) is 7.02. The van der Waals surface area contributed by atoms with Crippen LogP contribution >= 0.6 is 11.6 Å². The normalized spacial score (nSPS) is 11.6. The molecule has 0 aliphatic heterocycles. The molecule has 1 rings (SSSR count). The number of carbonyl (C=O) groups excluding carboxylic acids is 1. The fourth-order valence-electron chi connectivity index (χ4n) is 1.69. The highest BCUT2D eigenvalue weighted by atomic mass is 35.5. The molecule has 0 saturated heterocycles. The summed E-state index contributed by atoms with van der Waals surface area (Å²) in [5.74, 6) is -0.804.